The van der Waals surface area contributed by atoms with E-state index in [1.165, 1.54) is 11.8 Å². The van der Waals surface area contributed by atoms with E-state index in [1.807, 2.05) is 53.1 Å². The summed E-state index contributed by atoms with van der Waals surface area (Å²) in [7, 11) is 1.62. The average Bonchev–Trinajstić information content (AvgIpc) is 3.37. The van der Waals surface area contributed by atoms with Gasteiger partial charge in [0, 0.05) is 5.39 Å². The molecule has 0 atom stereocenters. The maximum Gasteiger partial charge on any atom is 0.294 e. The van der Waals surface area contributed by atoms with Gasteiger partial charge in [-0.15, -0.1) is 10.2 Å². The number of ether oxygens (including phenoxy) is 1. The van der Waals surface area contributed by atoms with Gasteiger partial charge in [0.1, 0.15) is 29.0 Å². The normalized spacial score (nSPS) is 11.3. The second-order valence-electron chi connectivity index (χ2n) is 6.23. The van der Waals surface area contributed by atoms with E-state index < -0.39 is 0 Å². The number of H-pyrrole nitrogens is 1. The van der Waals surface area contributed by atoms with Crippen LogP contribution in [0, 0.1) is 0 Å². The molecule has 144 valence electrons. The summed E-state index contributed by atoms with van der Waals surface area (Å²) < 4.78 is 12.9. The summed E-state index contributed by atoms with van der Waals surface area (Å²) in [6.07, 6.45) is 1.63. The summed E-state index contributed by atoms with van der Waals surface area (Å²) in [4.78, 5) is 19.9. The van der Waals surface area contributed by atoms with Crippen LogP contribution < -0.4 is 10.3 Å². The molecular formula is C20H15N5O3S. The lowest BCUT2D eigenvalue weighted by atomic mass is 10.2. The number of furan rings is 1. The fraction of sp³-hybridized carbons (Fsp3) is 0.100. The van der Waals surface area contributed by atoms with E-state index in [4.69, 9.17) is 9.15 Å². The number of rotatable bonds is 5. The number of benzene rings is 2. The summed E-state index contributed by atoms with van der Waals surface area (Å²) in [6.45, 7) is 0. The van der Waals surface area contributed by atoms with Crippen LogP contribution in [0.3, 0.4) is 0 Å². The van der Waals surface area contributed by atoms with Gasteiger partial charge in [-0.05, 0) is 24.3 Å². The van der Waals surface area contributed by atoms with E-state index in [0.29, 0.717) is 33.6 Å². The van der Waals surface area contributed by atoms with Crippen LogP contribution in [0.15, 0.2) is 69.2 Å². The maximum atomic E-state index is 12.5. The van der Waals surface area contributed by atoms with E-state index in [-0.39, 0.29) is 11.1 Å². The van der Waals surface area contributed by atoms with Crippen molar-refractivity contribution >= 4 is 33.8 Å². The van der Waals surface area contributed by atoms with Crippen LogP contribution >= 0.6 is 11.8 Å². The largest absolute Gasteiger partial charge is 0.495 e. The van der Waals surface area contributed by atoms with Gasteiger partial charge in [0.15, 0.2) is 5.16 Å². The fourth-order valence-corrected chi connectivity index (χ4v) is 3.96. The highest BCUT2D eigenvalue weighted by Gasteiger charge is 2.15. The SMILES string of the molecule is COc1ccccc1-n1cnnc1SCc1nc2c(oc3ccccc32)c(=O)[nH]1. The van der Waals surface area contributed by atoms with Gasteiger partial charge in [-0.3, -0.25) is 9.36 Å². The van der Waals surface area contributed by atoms with Gasteiger partial charge < -0.3 is 14.1 Å². The Balaban J connectivity index is 1.48. The highest BCUT2D eigenvalue weighted by Crippen LogP contribution is 2.29. The molecule has 0 saturated heterocycles. The molecule has 0 aliphatic carbocycles. The Morgan fingerprint density at radius 1 is 1.17 bits per heavy atom. The molecule has 29 heavy (non-hydrogen) atoms. The first-order valence-electron chi connectivity index (χ1n) is 8.81. The summed E-state index contributed by atoms with van der Waals surface area (Å²) in [6, 6.07) is 15.1. The predicted octanol–water partition coefficient (Wildman–Crippen LogP) is 3.55. The lowest BCUT2D eigenvalue weighted by molar-refractivity contribution is 0.412. The van der Waals surface area contributed by atoms with E-state index in [1.54, 1.807) is 13.4 Å². The Morgan fingerprint density at radius 3 is 2.90 bits per heavy atom. The van der Waals surface area contributed by atoms with Gasteiger partial charge in [0.05, 0.1) is 18.6 Å². The van der Waals surface area contributed by atoms with Crippen molar-refractivity contribution in [2.75, 3.05) is 7.11 Å². The van der Waals surface area contributed by atoms with Crippen molar-refractivity contribution in [3.05, 3.63) is 71.0 Å². The van der Waals surface area contributed by atoms with Crippen LogP contribution in [0.2, 0.25) is 0 Å². The Bertz CT molecular complexity index is 1390. The number of aromatic amines is 1. The lowest BCUT2D eigenvalue weighted by Gasteiger charge is -2.10. The number of thioether (sulfide) groups is 1. The first-order valence-corrected chi connectivity index (χ1v) is 9.80. The minimum Gasteiger partial charge on any atom is -0.495 e. The number of methoxy groups -OCH3 is 1. The third kappa shape index (κ3) is 3.05. The minimum atomic E-state index is -0.298. The Labute approximate surface area is 168 Å². The molecule has 0 radical (unpaired) electrons. The van der Waals surface area contributed by atoms with Gasteiger partial charge in [-0.25, -0.2) is 4.98 Å². The highest BCUT2D eigenvalue weighted by molar-refractivity contribution is 7.98. The first-order chi connectivity index (χ1) is 14.2. The van der Waals surface area contributed by atoms with Gasteiger partial charge >= 0.3 is 0 Å². The summed E-state index contributed by atoms with van der Waals surface area (Å²) in [5.41, 5.74) is 1.97. The van der Waals surface area contributed by atoms with Crippen molar-refractivity contribution in [2.24, 2.45) is 0 Å². The minimum absolute atomic E-state index is 0.233. The molecule has 2 aromatic carbocycles. The van der Waals surface area contributed by atoms with E-state index >= 15 is 0 Å². The molecule has 0 amide bonds. The highest BCUT2D eigenvalue weighted by atomic mass is 32.2. The quantitative estimate of drug-likeness (QED) is 0.446. The number of aromatic nitrogens is 5. The average molecular weight is 405 g/mol. The van der Waals surface area contributed by atoms with Gasteiger partial charge in [-0.2, -0.15) is 0 Å². The van der Waals surface area contributed by atoms with Crippen LogP contribution in [0.4, 0.5) is 0 Å². The summed E-state index contributed by atoms with van der Waals surface area (Å²) >= 11 is 1.42. The third-order valence-electron chi connectivity index (χ3n) is 4.48. The molecule has 0 aliphatic heterocycles. The van der Waals surface area contributed by atoms with Crippen LogP contribution in [0.25, 0.3) is 27.8 Å². The second kappa shape index (κ2) is 7.10. The number of nitrogens with zero attached hydrogens (tertiary/aromatic N) is 4. The molecule has 0 bridgehead atoms. The van der Waals surface area contributed by atoms with E-state index in [0.717, 1.165) is 11.1 Å². The molecule has 0 unspecified atom stereocenters. The summed E-state index contributed by atoms with van der Waals surface area (Å²) in [5.74, 6) is 1.67. The zero-order valence-electron chi connectivity index (χ0n) is 15.3. The number of hydrogen-bond donors (Lipinski definition) is 1. The lowest BCUT2D eigenvalue weighted by Crippen LogP contribution is -2.10. The molecule has 5 aromatic rings. The van der Waals surface area contributed by atoms with Crippen LogP contribution in [0.1, 0.15) is 5.82 Å². The number of para-hydroxylation sites is 3. The molecule has 1 N–H and O–H groups in total. The van der Waals surface area contributed by atoms with Crippen molar-refractivity contribution in [1.82, 2.24) is 24.7 Å². The Hall–Kier alpha value is -3.59. The molecule has 9 heteroatoms. The number of hydrogen-bond acceptors (Lipinski definition) is 7. The molecule has 0 fully saturated rings. The zero-order chi connectivity index (χ0) is 19.8. The van der Waals surface area contributed by atoms with Gasteiger partial charge in [0.2, 0.25) is 5.58 Å². The standard InChI is InChI=1S/C20H15N5O3S/c1-27-15-9-5-3-7-13(15)25-11-21-24-20(25)29-10-16-22-17-12-6-2-4-8-14(12)28-18(17)19(26)23-16/h2-9,11H,10H2,1H3,(H,22,23,26). The maximum absolute atomic E-state index is 12.5. The van der Waals surface area contributed by atoms with E-state index in [2.05, 4.69) is 20.2 Å². The van der Waals surface area contributed by atoms with E-state index in [9.17, 15) is 4.79 Å². The molecule has 0 spiro atoms. The number of fused-ring (bicyclic) bond motifs is 3. The molecule has 3 heterocycles. The van der Waals surface area contributed by atoms with Crippen LogP contribution in [-0.4, -0.2) is 31.8 Å². The fourth-order valence-electron chi connectivity index (χ4n) is 3.17. The number of nitrogens with one attached hydrogen (secondary N) is 1. The first kappa shape index (κ1) is 17.5. The van der Waals surface area contributed by atoms with Crippen molar-refractivity contribution in [3.8, 4) is 11.4 Å². The molecule has 3 aromatic heterocycles. The zero-order valence-corrected chi connectivity index (χ0v) is 16.1. The van der Waals surface area contributed by atoms with Gasteiger partial charge in [-0.1, -0.05) is 36.0 Å². The summed E-state index contributed by atoms with van der Waals surface area (Å²) in [5, 5.41) is 9.68. The molecule has 0 saturated carbocycles. The second-order valence-corrected chi connectivity index (χ2v) is 7.18. The smallest absolute Gasteiger partial charge is 0.294 e. The van der Waals surface area contributed by atoms with Crippen molar-refractivity contribution in [1.29, 1.82) is 0 Å². The Kier molecular flexibility index (Phi) is 4.28. The third-order valence-corrected chi connectivity index (χ3v) is 5.43. The monoisotopic (exact) mass is 405 g/mol. The topological polar surface area (TPSA) is 98.8 Å². The van der Waals surface area contributed by atoms with Crippen molar-refractivity contribution in [2.45, 2.75) is 10.9 Å². The van der Waals surface area contributed by atoms with Gasteiger partial charge in [0.25, 0.3) is 5.56 Å². The Morgan fingerprint density at radius 2 is 2.00 bits per heavy atom. The van der Waals surface area contributed by atoms with Crippen LogP contribution in [-0.2, 0) is 5.75 Å². The predicted molar refractivity (Wildman–Crippen MR) is 110 cm³/mol. The molecule has 0 aliphatic rings. The molecule has 8 nitrogen and oxygen atoms in total. The van der Waals surface area contributed by atoms with Crippen LogP contribution in [0.5, 0.6) is 5.75 Å². The molecular weight excluding hydrogens is 390 g/mol. The van der Waals surface area contributed by atoms with Crippen molar-refractivity contribution < 1.29 is 9.15 Å². The molecule has 5 rings (SSSR count). The van der Waals surface area contributed by atoms with Crippen molar-refractivity contribution in [3.63, 3.8) is 0 Å².